The fraction of sp³-hybridized carbons (Fsp3) is 0.889. The van der Waals surface area contributed by atoms with Gasteiger partial charge in [-0.15, -0.1) is 0 Å². The maximum absolute atomic E-state index is 11.3. The van der Waals surface area contributed by atoms with Crippen molar-refractivity contribution in [3.63, 3.8) is 0 Å². The molecule has 0 spiro atoms. The van der Waals surface area contributed by atoms with Crippen LogP contribution in [-0.4, -0.2) is 35.0 Å². The highest BCUT2D eigenvalue weighted by Gasteiger charge is 2.50. The van der Waals surface area contributed by atoms with Gasteiger partial charge in [-0.25, -0.2) is 0 Å². The average Bonchev–Trinajstić information content (AvgIpc) is 1.81. The predicted octanol–water partition coefficient (Wildman–Crippen LogP) is 0.358. The number of hydrogen-bond donors (Lipinski definition) is 1. The molecule has 2 unspecified atom stereocenters. The molecular weight excluding hydrogens is 152 g/mol. The lowest BCUT2D eigenvalue weighted by Crippen LogP contribution is -2.74. The van der Waals surface area contributed by atoms with Gasteiger partial charge in [-0.3, -0.25) is 9.69 Å². The molecule has 0 aromatic heterocycles. The van der Waals surface area contributed by atoms with Gasteiger partial charge < -0.3 is 5.32 Å². The third kappa shape index (κ3) is 0.959. The van der Waals surface area contributed by atoms with E-state index >= 15 is 0 Å². The first-order valence-electron chi connectivity index (χ1n) is 4.56. The second kappa shape index (κ2) is 2.22. The number of nitrogens with one attached hydrogen (secondary N) is 1. The third-order valence-corrected chi connectivity index (χ3v) is 2.81. The first-order chi connectivity index (χ1) is 5.50. The summed E-state index contributed by atoms with van der Waals surface area (Å²) < 4.78 is 0. The van der Waals surface area contributed by atoms with Gasteiger partial charge in [-0.1, -0.05) is 0 Å². The van der Waals surface area contributed by atoms with E-state index in [1.54, 1.807) is 0 Å². The Morgan fingerprint density at radius 3 is 2.50 bits per heavy atom. The number of carbonyl (C=O) groups is 1. The smallest absolute Gasteiger partial charge is 0.237 e. The zero-order valence-corrected chi connectivity index (χ0v) is 7.92. The second-order valence-corrected chi connectivity index (χ2v) is 4.73. The van der Waals surface area contributed by atoms with Crippen molar-refractivity contribution in [1.82, 2.24) is 10.2 Å². The molecule has 12 heavy (non-hydrogen) atoms. The standard InChI is InChI=1S/C9H16N2O/c1-9(2,3)11-6-4-7(11)8(12)10-5-6/h6-7H,4-5H2,1-3H3,(H,10,12). The van der Waals surface area contributed by atoms with Crippen LogP contribution in [-0.2, 0) is 4.79 Å². The van der Waals surface area contributed by atoms with E-state index in [-0.39, 0.29) is 17.5 Å². The zero-order chi connectivity index (χ0) is 8.93. The van der Waals surface area contributed by atoms with Gasteiger partial charge >= 0.3 is 0 Å². The summed E-state index contributed by atoms with van der Waals surface area (Å²) in [6, 6.07) is 0.747. The minimum Gasteiger partial charge on any atom is -0.353 e. The van der Waals surface area contributed by atoms with Crippen LogP contribution < -0.4 is 5.32 Å². The summed E-state index contributed by atoms with van der Waals surface area (Å²) >= 11 is 0. The van der Waals surface area contributed by atoms with Crippen LogP contribution >= 0.6 is 0 Å². The van der Waals surface area contributed by atoms with Crippen LogP contribution in [0.1, 0.15) is 27.2 Å². The van der Waals surface area contributed by atoms with E-state index in [1.165, 1.54) is 0 Å². The molecule has 3 saturated heterocycles. The number of fused-ring (bicyclic) bond motifs is 2. The van der Waals surface area contributed by atoms with Crippen molar-refractivity contribution in [1.29, 1.82) is 0 Å². The lowest BCUT2D eigenvalue weighted by atomic mass is 9.82. The van der Waals surface area contributed by atoms with Crippen molar-refractivity contribution >= 4 is 5.91 Å². The van der Waals surface area contributed by atoms with Gasteiger partial charge in [0.15, 0.2) is 0 Å². The first kappa shape index (κ1) is 8.05. The van der Waals surface area contributed by atoms with Crippen LogP contribution in [0.25, 0.3) is 0 Å². The molecular formula is C9H16N2O. The molecule has 3 heterocycles. The molecule has 1 amide bonds. The summed E-state index contributed by atoms with van der Waals surface area (Å²) in [5, 5.41) is 2.90. The fourth-order valence-electron chi connectivity index (χ4n) is 2.37. The molecule has 3 aliphatic heterocycles. The summed E-state index contributed by atoms with van der Waals surface area (Å²) in [5.74, 6) is 0.215. The molecule has 2 atom stereocenters. The highest BCUT2D eigenvalue weighted by molar-refractivity contribution is 5.84. The summed E-state index contributed by atoms with van der Waals surface area (Å²) in [4.78, 5) is 13.7. The molecule has 68 valence electrons. The molecule has 3 aliphatic rings. The minimum atomic E-state index is 0.144. The number of carbonyl (C=O) groups excluding carboxylic acids is 1. The van der Waals surface area contributed by atoms with E-state index in [2.05, 4.69) is 31.0 Å². The Bertz CT molecular complexity index is 217. The summed E-state index contributed by atoms with van der Waals surface area (Å²) in [6.07, 6.45) is 1.06. The monoisotopic (exact) mass is 168 g/mol. The number of piperidine rings is 1. The fourth-order valence-corrected chi connectivity index (χ4v) is 2.37. The maximum Gasteiger partial charge on any atom is 0.237 e. The van der Waals surface area contributed by atoms with Crippen LogP contribution in [0.3, 0.4) is 0 Å². The summed E-state index contributed by atoms with van der Waals surface area (Å²) in [7, 11) is 0. The van der Waals surface area contributed by atoms with Gasteiger partial charge in [0.25, 0.3) is 0 Å². The number of hydrogen-bond acceptors (Lipinski definition) is 2. The van der Waals surface area contributed by atoms with E-state index in [9.17, 15) is 4.79 Å². The second-order valence-electron chi connectivity index (χ2n) is 4.73. The van der Waals surface area contributed by atoms with Crippen molar-refractivity contribution in [3.05, 3.63) is 0 Å². The van der Waals surface area contributed by atoms with Crippen molar-refractivity contribution < 1.29 is 4.79 Å². The zero-order valence-electron chi connectivity index (χ0n) is 7.92. The third-order valence-electron chi connectivity index (χ3n) is 2.81. The van der Waals surface area contributed by atoms with Gasteiger partial charge in [0.2, 0.25) is 5.91 Å². The molecule has 0 radical (unpaired) electrons. The summed E-state index contributed by atoms with van der Waals surface area (Å²) in [6.45, 7) is 7.35. The van der Waals surface area contributed by atoms with Crippen LogP contribution in [0.15, 0.2) is 0 Å². The van der Waals surface area contributed by atoms with E-state index < -0.39 is 0 Å². The van der Waals surface area contributed by atoms with Gasteiger partial charge in [-0.2, -0.15) is 0 Å². The Morgan fingerprint density at radius 2 is 2.17 bits per heavy atom. The van der Waals surface area contributed by atoms with E-state index in [0.29, 0.717) is 6.04 Å². The van der Waals surface area contributed by atoms with Gasteiger partial charge in [0.1, 0.15) is 0 Å². The lowest BCUT2D eigenvalue weighted by molar-refractivity contribution is -0.151. The van der Waals surface area contributed by atoms with Crippen molar-refractivity contribution in [2.45, 2.75) is 44.8 Å². The Hall–Kier alpha value is -0.570. The predicted molar refractivity (Wildman–Crippen MR) is 46.8 cm³/mol. The number of piperazine rings is 1. The number of amides is 1. The topological polar surface area (TPSA) is 32.3 Å². The highest BCUT2D eigenvalue weighted by Crippen LogP contribution is 2.35. The Balaban J connectivity index is 2.15. The molecule has 0 aliphatic carbocycles. The van der Waals surface area contributed by atoms with Crippen molar-refractivity contribution in [2.75, 3.05) is 6.54 Å². The van der Waals surface area contributed by atoms with E-state index in [0.717, 1.165) is 13.0 Å². The number of nitrogens with zero attached hydrogens (tertiary/aromatic N) is 1. The summed E-state index contributed by atoms with van der Waals surface area (Å²) in [5.41, 5.74) is 0.144. The number of rotatable bonds is 0. The normalized spacial score (nSPS) is 35.8. The molecule has 2 bridgehead atoms. The van der Waals surface area contributed by atoms with Gasteiger partial charge in [-0.05, 0) is 27.2 Å². The Kier molecular flexibility index (Phi) is 1.49. The molecule has 0 saturated carbocycles. The molecule has 1 N–H and O–H groups in total. The van der Waals surface area contributed by atoms with Crippen LogP contribution in [0, 0.1) is 0 Å². The molecule has 0 aromatic carbocycles. The first-order valence-corrected chi connectivity index (χ1v) is 4.56. The molecule has 3 heteroatoms. The largest absolute Gasteiger partial charge is 0.353 e. The van der Waals surface area contributed by atoms with Crippen LogP contribution in [0.2, 0.25) is 0 Å². The Morgan fingerprint density at radius 1 is 1.50 bits per heavy atom. The van der Waals surface area contributed by atoms with Crippen molar-refractivity contribution in [2.24, 2.45) is 0 Å². The van der Waals surface area contributed by atoms with Crippen LogP contribution in [0.5, 0.6) is 0 Å². The quantitative estimate of drug-likeness (QED) is 0.566. The van der Waals surface area contributed by atoms with Gasteiger partial charge in [0, 0.05) is 18.1 Å². The minimum absolute atomic E-state index is 0.144. The van der Waals surface area contributed by atoms with Crippen LogP contribution in [0.4, 0.5) is 0 Å². The Labute approximate surface area is 73.1 Å². The average molecular weight is 168 g/mol. The lowest BCUT2D eigenvalue weighted by Gasteiger charge is -2.57. The SMILES string of the molecule is CC(C)(C)N1C2CNC(=O)C1C2. The molecule has 3 rings (SSSR count). The molecule has 3 fully saturated rings. The van der Waals surface area contributed by atoms with Crippen molar-refractivity contribution in [3.8, 4) is 0 Å². The van der Waals surface area contributed by atoms with E-state index in [4.69, 9.17) is 0 Å². The van der Waals surface area contributed by atoms with Gasteiger partial charge in [0.05, 0.1) is 6.04 Å². The van der Waals surface area contributed by atoms with E-state index in [1.807, 2.05) is 0 Å². The molecule has 0 aromatic rings. The highest BCUT2D eigenvalue weighted by atomic mass is 16.2. The maximum atomic E-state index is 11.3. The molecule has 3 nitrogen and oxygen atoms in total.